The minimum absolute atomic E-state index is 0.162. The van der Waals surface area contributed by atoms with Crippen molar-refractivity contribution >= 4 is 23.4 Å². The van der Waals surface area contributed by atoms with Gasteiger partial charge in [-0.3, -0.25) is 4.79 Å². The Morgan fingerprint density at radius 2 is 1.89 bits per heavy atom. The molecule has 1 aliphatic heterocycles. The average Bonchev–Trinajstić information content (AvgIpc) is 2.73. The van der Waals surface area contributed by atoms with Gasteiger partial charge in [-0.1, -0.05) is 24.3 Å². The number of methoxy groups -OCH3 is 1. The molecule has 0 aliphatic carbocycles. The lowest BCUT2D eigenvalue weighted by Crippen LogP contribution is -2.32. The zero-order chi connectivity index (χ0) is 19.5. The summed E-state index contributed by atoms with van der Waals surface area (Å²) in [5, 5.41) is 2.79. The van der Waals surface area contributed by atoms with Crippen LogP contribution in [-0.4, -0.2) is 29.5 Å². The standard InChI is InChI=1S/C21H21N5O2/c1-28-17-8-6-16(7-9-17)24-20(27)18-12-23-21(25-19(18)22)26-11-10-14-4-2-3-5-15(14)13-26/h2-9,12H,10-11,13H2,1H3,(H,24,27)(H2,22,23,25). The number of fused-ring (bicyclic) bond motifs is 1. The lowest BCUT2D eigenvalue weighted by atomic mass is 10.0. The van der Waals surface area contributed by atoms with Crippen molar-refractivity contribution < 1.29 is 9.53 Å². The average molecular weight is 375 g/mol. The van der Waals surface area contributed by atoms with Crippen LogP contribution in [0.25, 0.3) is 0 Å². The third-order valence-corrected chi connectivity index (χ3v) is 4.81. The maximum absolute atomic E-state index is 12.5. The number of hydrogen-bond donors (Lipinski definition) is 2. The summed E-state index contributed by atoms with van der Waals surface area (Å²) in [4.78, 5) is 23.3. The van der Waals surface area contributed by atoms with E-state index in [1.807, 2.05) is 6.07 Å². The topological polar surface area (TPSA) is 93.4 Å². The number of anilines is 3. The highest BCUT2D eigenvalue weighted by Crippen LogP contribution is 2.23. The zero-order valence-electron chi connectivity index (χ0n) is 15.6. The summed E-state index contributed by atoms with van der Waals surface area (Å²) < 4.78 is 5.11. The Balaban J connectivity index is 1.49. The number of rotatable bonds is 4. The molecule has 0 atom stereocenters. The highest BCUT2D eigenvalue weighted by atomic mass is 16.5. The van der Waals surface area contributed by atoms with Crippen LogP contribution < -0.4 is 20.7 Å². The number of carbonyl (C=O) groups is 1. The number of ether oxygens (including phenoxy) is 1. The maximum atomic E-state index is 12.5. The van der Waals surface area contributed by atoms with Gasteiger partial charge in [0.05, 0.1) is 7.11 Å². The van der Waals surface area contributed by atoms with E-state index in [2.05, 4.69) is 38.4 Å². The summed E-state index contributed by atoms with van der Waals surface area (Å²) in [6, 6.07) is 15.4. The van der Waals surface area contributed by atoms with Crippen molar-refractivity contribution in [1.82, 2.24) is 9.97 Å². The van der Waals surface area contributed by atoms with Gasteiger partial charge in [-0.05, 0) is 41.8 Å². The fourth-order valence-electron chi connectivity index (χ4n) is 3.25. The zero-order valence-corrected chi connectivity index (χ0v) is 15.6. The molecule has 4 rings (SSSR count). The van der Waals surface area contributed by atoms with Gasteiger partial charge in [0, 0.05) is 25.0 Å². The van der Waals surface area contributed by atoms with Crippen LogP contribution >= 0.6 is 0 Å². The predicted molar refractivity (Wildman–Crippen MR) is 109 cm³/mol. The van der Waals surface area contributed by atoms with E-state index in [0.29, 0.717) is 17.4 Å². The monoisotopic (exact) mass is 375 g/mol. The molecule has 0 spiro atoms. The normalized spacial score (nSPS) is 13.0. The molecule has 1 aliphatic rings. The molecule has 0 bridgehead atoms. The first-order valence-electron chi connectivity index (χ1n) is 9.03. The number of nitrogen functional groups attached to an aromatic ring is 1. The van der Waals surface area contributed by atoms with E-state index in [0.717, 1.165) is 19.5 Å². The van der Waals surface area contributed by atoms with Crippen molar-refractivity contribution in [3.8, 4) is 5.75 Å². The highest BCUT2D eigenvalue weighted by molar-refractivity contribution is 6.07. The molecule has 7 heteroatoms. The third kappa shape index (κ3) is 3.59. The molecule has 3 N–H and O–H groups in total. The first-order chi connectivity index (χ1) is 13.6. The molecule has 1 amide bonds. The molecular formula is C21H21N5O2. The second-order valence-electron chi connectivity index (χ2n) is 6.59. The van der Waals surface area contributed by atoms with Crippen LogP contribution in [-0.2, 0) is 13.0 Å². The Bertz CT molecular complexity index is 1000. The number of nitrogens with two attached hydrogens (primary N) is 1. The van der Waals surface area contributed by atoms with Crippen LogP contribution in [0.5, 0.6) is 5.75 Å². The molecule has 7 nitrogen and oxygen atoms in total. The SMILES string of the molecule is COc1ccc(NC(=O)c2cnc(N3CCc4ccccc4C3)nc2N)cc1. The van der Waals surface area contributed by atoms with Crippen LogP contribution in [0, 0.1) is 0 Å². The summed E-state index contributed by atoms with van der Waals surface area (Å²) in [5.41, 5.74) is 9.56. The summed E-state index contributed by atoms with van der Waals surface area (Å²) in [7, 11) is 1.59. The fourth-order valence-corrected chi connectivity index (χ4v) is 3.25. The second-order valence-corrected chi connectivity index (χ2v) is 6.59. The Morgan fingerprint density at radius 1 is 1.14 bits per heavy atom. The first kappa shape index (κ1) is 17.8. The molecule has 1 aromatic heterocycles. The lowest BCUT2D eigenvalue weighted by Gasteiger charge is -2.29. The number of carbonyl (C=O) groups excluding carboxylic acids is 1. The molecular weight excluding hydrogens is 354 g/mol. The summed E-state index contributed by atoms with van der Waals surface area (Å²) >= 11 is 0. The highest BCUT2D eigenvalue weighted by Gasteiger charge is 2.20. The van der Waals surface area contributed by atoms with E-state index in [9.17, 15) is 4.79 Å². The number of amides is 1. The largest absolute Gasteiger partial charge is 0.497 e. The van der Waals surface area contributed by atoms with Gasteiger partial charge in [0.25, 0.3) is 5.91 Å². The third-order valence-electron chi connectivity index (χ3n) is 4.81. The van der Waals surface area contributed by atoms with E-state index in [4.69, 9.17) is 10.5 Å². The molecule has 0 fully saturated rings. The van der Waals surface area contributed by atoms with Crippen LogP contribution in [0.2, 0.25) is 0 Å². The van der Waals surface area contributed by atoms with Gasteiger partial charge in [-0.15, -0.1) is 0 Å². The van der Waals surface area contributed by atoms with E-state index in [1.54, 1.807) is 31.4 Å². The molecule has 0 saturated carbocycles. The lowest BCUT2D eigenvalue weighted by molar-refractivity contribution is 0.102. The maximum Gasteiger partial charge on any atom is 0.260 e. The van der Waals surface area contributed by atoms with Crippen molar-refractivity contribution in [1.29, 1.82) is 0 Å². The molecule has 3 aromatic rings. The van der Waals surface area contributed by atoms with Gasteiger partial charge >= 0.3 is 0 Å². The van der Waals surface area contributed by atoms with Crippen molar-refractivity contribution in [3.05, 3.63) is 71.4 Å². The van der Waals surface area contributed by atoms with Gasteiger partial charge in [0.15, 0.2) is 0 Å². The quantitative estimate of drug-likeness (QED) is 0.728. The van der Waals surface area contributed by atoms with Crippen molar-refractivity contribution in [2.45, 2.75) is 13.0 Å². The minimum atomic E-state index is -0.349. The van der Waals surface area contributed by atoms with Crippen molar-refractivity contribution in [2.24, 2.45) is 0 Å². The summed E-state index contributed by atoms with van der Waals surface area (Å²) in [6.45, 7) is 1.54. The van der Waals surface area contributed by atoms with Gasteiger partial charge in [0.2, 0.25) is 5.95 Å². The Labute approximate surface area is 163 Å². The van der Waals surface area contributed by atoms with E-state index in [-0.39, 0.29) is 17.3 Å². The number of hydrogen-bond acceptors (Lipinski definition) is 6. The molecule has 0 saturated heterocycles. The Hall–Kier alpha value is -3.61. The summed E-state index contributed by atoms with van der Waals surface area (Å²) in [5.74, 6) is 1.06. The van der Waals surface area contributed by atoms with Gasteiger partial charge in [0.1, 0.15) is 17.1 Å². The molecule has 142 valence electrons. The number of benzene rings is 2. The number of nitrogens with zero attached hydrogens (tertiary/aromatic N) is 3. The van der Waals surface area contributed by atoms with E-state index < -0.39 is 0 Å². The Kier molecular flexibility index (Phi) is 4.80. The van der Waals surface area contributed by atoms with Gasteiger partial charge in [-0.2, -0.15) is 4.98 Å². The Morgan fingerprint density at radius 3 is 2.61 bits per heavy atom. The van der Waals surface area contributed by atoms with Crippen LogP contribution in [0.15, 0.2) is 54.7 Å². The van der Waals surface area contributed by atoms with Crippen LogP contribution in [0.3, 0.4) is 0 Å². The van der Waals surface area contributed by atoms with Crippen molar-refractivity contribution in [3.63, 3.8) is 0 Å². The molecule has 28 heavy (non-hydrogen) atoms. The molecule has 2 aromatic carbocycles. The van der Waals surface area contributed by atoms with E-state index in [1.165, 1.54) is 17.3 Å². The molecule has 2 heterocycles. The van der Waals surface area contributed by atoms with Crippen LogP contribution in [0.4, 0.5) is 17.5 Å². The fraction of sp³-hybridized carbons (Fsp3) is 0.190. The van der Waals surface area contributed by atoms with Gasteiger partial charge in [-0.25, -0.2) is 4.98 Å². The second kappa shape index (κ2) is 7.56. The molecule has 0 unspecified atom stereocenters. The van der Waals surface area contributed by atoms with E-state index >= 15 is 0 Å². The van der Waals surface area contributed by atoms with Crippen LogP contribution in [0.1, 0.15) is 21.5 Å². The number of aromatic nitrogens is 2. The van der Waals surface area contributed by atoms with Gasteiger partial charge < -0.3 is 20.7 Å². The minimum Gasteiger partial charge on any atom is -0.497 e. The summed E-state index contributed by atoms with van der Waals surface area (Å²) in [6.07, 6.45) is 2.41. The first-order valence-corrected chi connectivity index (χ1v) is 9.03. The van der Waals surface area contributed by atoms with Crippen molar-refractivity contribution in [2.75, 3.05) is 29.6 Å². The molecule has 0 radical (unpaired) electrons. The predicted octanol–water partition coefficient (Wildman–Crippen LogP) is 2.88. The number of nitrogens with one attached hydrogen (secondary N) is 1. The smallest absolute Gasteiger partial charge is 0.260 e.